The molecule has 1 saturated carbocycles. The van der Waals surface area contributed by atoms with Crippen molar-refractivity contribution in [3.63, 3.8) is 0 Å². The summed E-state index contributed by atoms with van der Waals surface area (Å²) in [6.07, 6.45) is 11.0. The number of rotatable bonds is 4. The van der Waals surface area contributed by atoms with E-state index in [9.17, 15) is 4.79 Å². The predicted octanol–water partition coefficient (Wildman–Crippen LogP) is 3.53. The van der Waals surface area contributed by atoms with E-state index < -0.39 is 0 Å². The van der Waals surface area contributed by atoms with Crippen LogP contribution in [0.2, 0.25) is 0 Å². The molecule has 0 spiro atoms. The molecule has 25 heavy (non-hydrogen) atoms. The highest BCUT2D eigenvalue weighted by atomic mass is 16.5. The lowest BCUT2D eigenvalue weighted by Gasteiger charge is -2.32. The van der Waals surface area contributed by atoms with Gasteiger partial charge in [-0.3, -0.25) is 4.79 Å². The summed E-state index contributed by atoms with van der Waals surface area (Å²) in [5.74, 6) is 1.77. The van der Waals surface area contributed by atoms with Gasteiger partial charge in [0.25, 0.3) is 0 Å². The normalized spacial score (nSPS) is 26.9. The fourth-order valence-electron chi connectivity index (χ4n) is 4.29. The molecule has 2 aromatic heterocycles. The second kappa shape index (κ2) is 7.02. The maximum absolute atomic E-state index is 13.1. The van der Waals surface area contributed by atoms with Crippen LogP contribution in [-0.4, -0.2) is 32.1 Å². The summed E-state index contributed by atoms with van der Waals surface area (Å²) in [5, 5.41) is 4.11. The summed E-state index contributed by atoms with van der Waals surface area (Å²) in [5.41, 5.74) is 0. The van der Waals surface area contributed by atoms with Crippen molar-refractivity contribution >= 4 is 5.91 Å². The lowest BCUT2D eigenvalue weighted by Crippen LogP contribution is -2.37. The zero-order valence-electron chi connectivity index (χ0n) is 14.8. The van der Waals surface area contributed by atoms with E-state index >= 15 is 0 Å². The van der Waals surface area contributed by atoms with E-state index in [4.69, 9.17) is 4.52 Å². The van der Waals surface area contributed by atoms with E-state index in [0.29, 0.717) is 17.8 Å². The predicted molar refractivity (Wildman–Crippen MR) is 92.8 cm³/mol. The summed E-state index contributed by atoms with van der Waals surface area (Å²) < 4.78 is 7.54. The van der Waals surface area contributed by atoms with Gasteiger partial charge >= 0.3 is 0 Å². The molecule has 0 aromatic carbocycles. The van der Waals surface area contributed by atoms with Crippen LogP contribution < -0.4 is 0 Å². The van der Waals surface area contributed by atoms with E-state index in [1.807, 2.05) is 11.8 Å². The molecular formula is C19H26N4O2. The molecule has 1 saturated heterocycles. The number of carbonyl (C=O) groups is 1. The maximum Gasteiger partial charge on any atom is 0.226 e. The number of carbonyl (C=O) groups excluding carboxylic acids is 1. The first-order valence-electron chi connectivity index (χ1n) is 9.51. The van der Waals surface area contributed by atoms with Crippen LogP contribution in [-0.2, 0) is 11.2 Å². The molecule has 0 bridgehead atoms. The molecule has 2 fully saturated rings. The second-order valence-electron chi connectivity index (χ2n) is 7.23. The van der Waals surface area contributed by atoms with Gasteiger partial charge in [0.2, 0.25) is 11.8 Å². The van der Waals surface area contributed by atoms with Crippen molar-refractivity contribution in [1.29, 1.82) is 0 Å². The topological polar surface area (TPSA) is 64.2 Å². The minimum atomic E-state index is -0.00118. The Morgan fingerprint density at radius 3 is 2.64 bits per heavy atom. The quantitative estimate of drug-likeness (QED) is 0.853. The summed E-state index contributed by atoms with van der Waals surface area (Å²) in [4.78, 5) is 19.6. The molecule has 1 amide bonds. The third-order valence-corrected chi connectivity index (χ3v) is 5.72. The van der Waals surface area contributed by atoms with Crippen LogP contribution in [0, 0.1) is 5.92 Å². The third kappa shape index (κ3) is 3.22. The highest BCUT2D eigenvalue weighted by Gasteiger charge is 2.37. The van der Waals surface area contributed by atoms with Crippen molar-refractivity contribution in [1.82, 2.24) is 19.6 Å². The molecule has 1 aliphatic heterocycles. The molecule has 0 unspecified atom stereocenters. The van der Waals surface area contributed by atoms with E-state index in [2.05, 4.69) is 39.2 Å². The molecule has 4 rings (SSSR count). The van der Waals surface area contributed by atoms with Gasteiger partial charge < -0.3 is 14.0 Å². The Morgan fingerprint density at radius 2 is 1.96 bits per heavy atom. The summed E-state index contributed by atoms with van der Waals surface area (Å²) in [6, 6.07) is 4.68. The zero-order valence-corrected chi connectivity index (χ0v) is 14.8. The van der Waals surface area contributed by atoms with Crippen molar-refractivity contribution in [2.45, 2.75) is 64.0 Å². The largest absolute Gasteiger partial charge is 0.351 e. The first kappa shape index (κ1) is 16.4. The van der Waals surface area contributed by atoms with Gasteiger partial charge in [-0.15, -0.1) is 0 Å². The van der Waals surface area contributed by atoms with Crippen LogP contribution in [0.5, 0.6) is 0 Å². The first-order chi connectivity index (χ1) is 12.3. The number of aryl methyl sites for hydroxylation is 1. The molecule has 0 N–H and O–H groups in total. The molecule has 6 nitrogen and oxygen atoms in total. The lowest BCUT2D eigenvalue weighted by atomic mass is 9.85. The van der Waals surface area contributed by atoms with Gasteiger partial charge in [-0.25, -0.2) is 0 Å². The highest BCUT2D eigenvalue weighted by molar-refractivity contribution is 5.79. The molecule has 134 valence electrons. The minimum Gasteiger partial charge on any atom is -0.351 e. The van der Waals surface area contributed by atoms with E-state index in [-0.39, 0.29) is 17.9 Å². The van der Waals surface area contributed by atoms with Gasteiger partial charge in [0.15, 0.2) is 5.82 Å². The number of nitrogens with zero attached hydrogens (tertiary/aromatic N) is 4. The first-order valence-corrected chi connectivity index (χ1v) is 9.51. The summed E-state index contributed by atoms with van der Waals surface area (Å²) in [7, 11) is 0. The summed E-state index contributed by atoms with van der Waals surface area (Å²) in [6.45, 7) is 2.81. The Balaban J connectivity index is 1.40. The van der Waals surface area contributed by atoms with E-state index in [1.165, 1.54) is 0 Å². The van der Waals surface area contributed by atoms with Crippen LogP contribution in [0.25, 0.3) is 0 Å². The van der Waals surface area contributed by atoms with Crippen LogP contribution in [0.4, 0.5) is 0 Å². The Hall–Kier alpha value is -2.11. The Bertz CT molecular complexity index is 701. The summed E-state index contributed by atoms with van der Waals surface area (Å²) >= 11 is 0. The molecule has 1 aliphatic carbocycles. The molecular weight excluding hydrogens is 316 g/mol. The van der Waals surface area contributed by atoms with Crippen molar-refractivity contribution < 1.29 is 9.32 Å². The van der Waals surface area contributed by atoms with Crippen molar-refractivity contribution in [2.24, 2.45) is 5.92 Å². The fourth-order valence-corrected chi connectivity index (χ4v) is 4.29. The zero-order chi connectivity index (χ0) is 17.2. The Labute approximate surface area is 148 Å². The second-order valence-corrected chi connectivity index (χ2v) is 7.23. The number of aromatic nitrogens is 3. The smallest absolute Gasteiger partial charge is 0.226 e. The van der Waals surface area contributed by atoms with Gasteiger partial charge in [-0.1, -0.05) is 12.1 Å². The molecule has 6 heteroatoms. The van der Waals surface area contributed by atoms with Crippen LogP contribution in [0.1, 0.15) is 69.2 Å². The minimum absolute atomic E-state index is 0.00118. The van der Waals surface area contributed by atoms with E-state index in [0.717, 1.165) is 51.5 Å². The van der Waals surface area contributed by atoms with Crippen LogP contribution >= 0.6 is 0 Å². The molecule has 0 radical (unpaired) electrons. The number of hydrogen-bond donors (Lipinski definition) is 0. The van der Waals surface area contributed by atoms with Gasteiger partial charge in [0.05, 0.1) is 6.04 Å². The molecule has 2 aromatic rings. The maximum atomic E-state index is 13.1. The van der Waals surface area contributed by atoms with Gasteiger partial charge in [0, 0.05) is 37.3 Å². The third-order valence-electron chi connectivity index (χ3n) is 5.72. The fraction of sp³-hybridized carbons (Fsp3) is 0.632. The number of amides is 1. The monoisotopic (exact) mass is 342 g/mol. The number of hydrogen-bond acceptors (Lipinski definition) is 4. The van der Waals surface area contributed by atoms with Crippen molar-refractivity contribution in [3.05, 3.63) is 36.2 Å². The van der Waals surface area contributed by atoms with Crippen molar-refractivity contribution in [2.75, 3.05) is 6.54 Å². The van der Waals surface area contributed by atoms with E-state index in [1.54, 1.807) is 0 Å². The number of likely N-dealkylation sites (tertiary alicyclic amines) is 1. The average molecular weight is 342 g/mol. The molecule has 2 aliphatic rings. The van der Waals surface area contributed by atoms with Crippen molar-refractivity contribution in [3.8, 4) is 0 Å². The van der Waals surface area contributed by atoms with Gasteiger partial charge in [0.1, 0.15) is 0 Å². The van der Waals surface area contributed by atoms with Gasteiger partial charge in [-0.05, 0) is 50.7 Å². The Morgan fingerprint density at radius 1 is 1.20 bits per heavy atom. The molecule has 3 heterocycles. The Kier molecular flexibility index (Phi) is 4.59. The van der Waals surface area contributed by atoms with Crippen LogP contribution in [0.3, 0.4) is 0 Å². The average Bonchev–Trinajstić information content (AvgIpc) is 3.42. The highest BCUT2D eigenvalue weighted by Crippen LogP contribution is 2.37. The van der Waals surface area contributed by atoms with Crippen LogP contribution in [0.15, 0.2) is 29.0 Å². The standard InChI is InChI=1S/C19H26N4O2/c1-2-17-20-18(21-25-17)16-6-5-13-23(16)19(24)14-7-9-15(10-8-14)22-11-3-4-12-22/h3-4,11-12,14-16H,2,5-10,13H2,1H3/t14?,15?,16-/m1/s1. The molecule has 1 atom stereocenters. The SMILES string of the molecule is CCc1nc([C@H]2CCCN2C(=O)C2CCC(n3cccc3)CC2)no1. The van der Waals surface area contributed by atoms with Gasteiger partial charge in [-0.2, -0.15) is 4.98 Å². The lowest BCUT2D eigenvalue weighted by molar-refractivity contribution is -0.138.